The first-order chi connectivity index (χ1) is 9.56. The molecule has 0 radical (unpaired) electrons. The number of rotatable bonds is 4. The van der Waals surface area contributed by atoms with E-state index in [1.54, 1.807) is 6.92 Å². The number of aryl methyl sites for hydroxylation is 1. The highest BCUT2D eigenvalue weighted by Crippen LogP contribution is 2.19. The third-order valence-electron chi connectivity index (χ3n) is 3.73. The monoisotopic (exact) mass is 277 g/mol. The maximum Gasteiger partial charge on any atom is 0.261 e. The number of hydrogen-bond acceptors (Lipinski definition) is 3. The summed E-state index contributed by atoms with van der Waals surface area (Å²) in [7, 11) is 0. The van der Waals surface area contributed by atoms with Gasteiger partial charge >= 0.3 is 0 Å². The fourth-order valence-electron chi connectivity index (χ4n) is 2.53. The van der Waals surface area contributed by atoms with Crippen molar-refractivity contribution in [1.82, 2.24) is 5.32 Å². The average molecular weight is 277 g/mol. The van der Waals surface area contributed by atoms with Crippen molar-refractivity contribution in [3.05, 3.63) is 29.8 Å². The molecule has 0 spiro atoms. The van der Waals surface area contributed by atoms with Crippen LogP contribution in [-0.2, 0) is 4.79 Å². The minimum absolute atomic E-state index is 0.139. The van der Waals surface area contributed by atoms with E-state index in [2.05, 4.69) is 5.32 Å². The normalized spacial score (nSPS) is 23.9. The summed E-state index contributed by atoms with van der Waals surface area (Å²) in [4.78, 5) is 12.1. The van der Waals surface area contributed by atoms with Gasteiger partial charge in [-0.15, -0.1) is 0 Å². The molecule has 0 aliphatic heterocycles. The van der Waals surface area contributed by atoms with Crippen molar-refractivity contribution in [2.24, 2.45) is 0 Å². The molecule has 1 amide bonds. The fourth-order valence-corrected chi connectivity index (χ4v) is 2.53. The summed E-state index contributed by atoms with van der Waals surface area (Å²) in [5, 5.41) is 12.8. The minimum Gasteiger partial charge on any atom is -0.481 e. The summed E-state index contributed by atoms with van der Waals surface area (Å²) in [6.45, 7) is 3.71. The summed E-state index contributed by atoms with van der Waals surface area (Å²) in [6.07, 6.45) is 2.69. The number of aliphatic hydroxyl groups excluding tert-OH is 1. The summed E-state index contributed by atoms with van der Waals surface area (Å²) < 4.78 is 5.64. The predicted octanol–water partition coefficient (Wildman–Crippen LogP) is 2.18. The number of amides is 1. The average Bonchev–Trinajstić information content (AvgIpc) is 2.41. The molecule has 4 nitrogen and oxygen atoms in total. The van der Waals surface area contributed by atoms with Crippen LogP contribution in [0.25, 0.3) is 0 Å². The van der Waals surface area contributed by atoms with E-state index in [4.69, 9.17) is 4.74 Å². The van der Waals surface area contributed by atoms with Gasteiger partial charge in [0.2, 0.25) is 0 Å². The zero-order chi connectivity index (χ0) is 14.5. The van der Waals surface area contributed by atoms with Gasteiger partial charge in [0.25, 0.3) is 5.91 Å². The first kappa shape index (κ1) is 14.9. The van der Waals surface area contributed by atoms with Gasteiger partial charge in [-0.3, -0.25) is 4.79 Å². The van der Waals surface area contributed by atoms with Crippen molar-refractivity contribution in [2.45, 2.75) is 57.8 Å². The van der Waals surface area contributed by atoms with E-state index in [1.165, 1.54) is 0 Å². The van der Waals surface area contributed by atoms with E-state index < -0.39 is 12.2 Å². The largest absolute Gasteiger partial charge is 0.481 e. The summed E-state index contributed by atoms with van der Waals surface area (Å²) in [5.74, 6) is 0.522. The van der Waals surface area contributed by atoms with Gasteiger partial charge in [0, 0.05) is 0 Å². The van der Waals surface area contributed by atoms with Crippen LogP contribution in [0.15, 0.2) is 24.3 Å². The first-order valence-corrected chi connectivity index (χ1v) is 7.28. The lowest BCUT2D eigenvalue weighted by Gasteiger charge is -2.29. The van der Waals surface area contributed by atoms with Crippen LogP contribution >= 0.6 is 0 Å². The quantitative estimate of drug-likeness (QED) is 0.887. The molecule has 0 saturated heterocycles. The van der Waals surface area contributed by atoms with Crippen LogP contribution in [0.5, 0.6) is 5.75 Å². The van der Waals surface area contributed by atoms with Gasteiger partial charge in [0.15, 0.2) is 6.10 Å². The Balaban J connectivity index is 1.88. The highest BCUT2D eigenvalue weighted by molar-refractivity contribution is 5.81. The molecule has 1 aliphatic rings. The zero-order valence-corrected chi connectivity index (χ0v) is 12.1. The van der Waals surface area contributed by atoms with Crippen molar-refractivity contribution in [1.29, 1.82) is 0 Å². The van der Waals surface area contributed by atoms with Gasteiger partial charge in [-0.25, -0.2) is 0 Å². The van der Waals surface area contributed by atoms with Crippen LogP contribution in [0.1, 0.15) is 38.2 Å². The van der Waals surface area contributed by atoms with E-state index in [-0.39, 0.29) is 11.9 Å². The Labute approximate surface area is 120 Å². The molecule has 2 N–H and O–H groups in total. The Bertz CT molecular complexity index is 461. The third kappa shape index (κ3) is 3.97. The molecule has 1 unspecified atom stereocenters. The molecular formula is C16H23NO3. The third-order valence-corrected chi connectivity index (χ3v) is 3.73. The number of nitrogens with one attached hydrogen (secondary N) is 1. The zero-order valence-electron chi connectivity index (χ0n) is 12.1. The Morgan fingerprint density at radius 3 is 2.85 bits per heavy atom. The molecule has 1 aliphatic carbocycles. The fraction of sp³-hybridized carbons (Fsp3) is 0.562. The first-order valence-electron chi connectivity index (χ1n) is 7.28. The molecule has 110 valence electrons. The van der Waals surface area contributed by atoms with Gasteiger partial charge in [-0.2, -0.15) is 0 Å². The van der Waals surface area contributed by atoms with Gasteiger partial charge in [0.1, 0.15) is 5.75 Å². The van der Waals surface area contributed by atoms with Crippen molar-refractivity contribution in [3.8, 4) is 5.75 Å². The van der Waals surface area contributed by atoms with Crippen LogP contribution in [0, 0.1) is 6.92 Å². The molecule has 0 bridgehead atoms. The van der Waals surface area contributed by atoms with Crippen LogP contribution in [0.3, 0.4) is 0 Å². The van der Waals surface area contributed by atoms with E-state index in [9.17, 15) is 9.90 Å². The highest BCUT2D eigenvalue weighted by Gasteiger charge is 2.26. The highest BCUT2D eigenvalue weighted by atomic mass is 16.5. The molecule has 1 saturated carbocycles. The minimum atomic E-state index is -0.564. The van der Waals surface area contributed by atoms with E-state index in [0.29, 0.717) is 5.75 Å². The number of hydrogen-bond donors (Lipinski definition) is 2. The molecule has 3 atom stereocenters. The van der Waals surface area contributed by atoms with Crippen LogP contribution < -0.4 is 10.1 Å². The second kappa shape index (κ2) is 6.75. The maximum atomic E-state index is 12.1. The van der Waals surface area contributed by atoms with Gasteiger partial charge < -0.3 is 15.2 Å². The van der Waals surface area contributed by atoms with Crippen molar-refractivity contribution < 1.29 is 14.6 Å². The van der Waals surface area contributed by atoms with Crippen LogP contribution in [-0.4, -0.2) is 29.3 Å². The molecule has 1 aromatic carbocycles. The van der Waals surface area contributed by atoms with Crippen molar-refractivity contribution >= 4 is 5.91 Å². The number of ether oxygens (including phenoxy) is 1. The lowest BCUT2D eigenvalue weighted by atomic mass is 9.92. The molecule has 1 aromatic rings. The molecule has 1 fully saturated rings. The van der Waals surface area contributed by atoms with Crippen molar-refractivity contribution in [3.63, 3.8) is 0 Å². The molecular weight excluding hydrogens is 254 g/mol. The molecule has 4 heteroatoms. The number of benzene rings is 1. The lowest BCUT2D eigenvalue weighted by molar-refractivity contribution is -0.129. The number of carbonyl (C=O) groups excluding carboxylic acids is 1. The summed E-state index contributed by atoms with van der Waals surface area (Å²) >= 11 is 0. The predicted molar refractivity (Wildman–Crippen MR) is 77.7 cm³/mol. The second-order valence-corrected chi connectivity index (χ2v) is 5.54. The lowest BCUT2D eigenvalue weighted by Crippen LogP contribution is -2.49. The van der Waals surface area contributed by atoms with Gasteiger partial charge in [-0.1, -0.05) is 25.0 Å². The van der Waals surface area contributed by atoms with E-state index >= 15 is 0 Å². The van der Waals surface area contributed by atoms with E-state index in [0.717, 1.165) is 31.2 Å². The Kier molecular flexibility index (Phi) is 5.01. The second-order valence-electron chi connectivity index (χ2n) is 5.54. The van der Waals surface area contributed by atoms with Gasteiger partial charge in [-0.05, 0) is 44.4 Å². The standard InChI is InChI=1S/C16H23NO3/c1-11-6-5-7-13(10-11)20-12(2)16(19)17-14-8-3-4-9-15(14)18/h5-7,10,12,14-15,18H,3-4,8-9H2,1-2H3,(H,17,19)/t12?,14-,15-/m0/s1. The van der Waals surface area contributed by atoms with E-state index in [1.807, 2.05) is 31.2 Å². The number of aliphatic hydroxyl groups is 1. The SMILES string of the molecule is Cc1cccc(OC(C)C(=O)N[C@H]2CCCC[C@@H]2O)c1. The molecule has 0 heterocycles. The maximum absolute atomic E-state index is 12.1. The molecule has 0 aromatic heterocycles. The summed E-state index contributed by atoms with van der Waals surface area (Å²) in [5.41, 5.74) is 1.10. The van der Waals surface area contributed by atoms with Gasteiger partial charge in [0.05, 0.1) is 12.1 Å². The van der Waals surface area contributed by atoms with Crippen LogP contribution in [0.4, 0.5) is 0 Å². The Hall–Kier alpha value is -1.55. The van der Waals surface area contributed by atoms with Crippen LogP contribution in [0.2, 0.25) is 0 Å². The Morgan fingerprint density at radius 1 is 1.40 bits per heavy atom. The Morgan fingerprint density at radius 2 is 2.15 bits per heavy atom. The molecule has 2 rings (SSSR count). The smallest absolute Gasteiger partial charge is 0.261 e. The topological polar surface area (TPSA) is 58.6 Å². The summed E-state index contributed by atoms with van der Waals surface area (Å²) in [6, 6.07) is 7.49. The van der Waals surface area contributed by atoms with Crippen molar-refractivity contribution in [2.75, 3.05) is 0 Å². The molecule has 20 heavy (non-hydrogen) atoms. The number of carbonyl (C=O) groups is 1.